The van der Waals surface area contributed by atoms with Gasteiger partial charge in [-0.3, -0.25) is 0 Å². The zero-order valence-electron chi connectivity index (χ0n) is 12.6. The van der Waals surface area contributed by atoms with Crippen molar-refractivity contribution in [2.75, 3.05) is 26.4 Å². The number of rotatable bonds is 5. The predicted octanol–water partition coefficient (Wildman–Crippen LogP) is 2.92. The summed E-state index contributed by atoms with van der Waals surface area (Å²) < 4.78 is 24.3. The van der Waals surface area contributed by atoms with E-state index in [0.29, 0.717) is 17.9 Å². The number of hydrogen-bond donors (Lipinski definition) is 1. The van der Waals surface area contributed by atoms with Gasteiger partial charge in [-0.15, -0.1) is 0 Å². The molecule has 1 N–H and O–H groups in total. The molecule has 4 heteroatoms. The van der Waals surface area contributed by atoms with Crippen molar-refractivity contribution in [2.45, 2.75) is 31.9 Å². The first-order valence-corrected chi connectivity index (χ1v) is 7.92. The summed E-state index contributed by atoms with van der Waals surface area (Å²) in [6.45, 7) is 5.73. The van der Waals surface area contributed by atoms with Crippen LogP contribution in [-0.4, -0.2) is 32.4 Å². The zero-order chi connectivity index (χ0) is 14.7. The van der Waals surface area contributed by atoms with E-state index in [1.54, 1.807) is 0 Å². The molecule has 0 aromatic heterocycles. The van der Waals surface area contributed by atoms with Crippen LogP contribution in [0.3, 0.4) is 0 Å². The van der Waals surface area contributed by atoms with Gasteiger partial charge in [0, 0.05) is 31.7 Å². The standard InChI is InChI=1S/C17H24FNO2/c1-12(15-6-8-20-11-15)19-10-14-7-9-21-17(14)13-2-4-16(18)5-3-13/h2-5,12,14-15,17,19H,6-11H2,1H3/t12-,14-,15+,17-/m0/s1. The summed E-state index contributed by atoms with van der Waals surface area (Å²) in [6.07, 6.45) is 2.30. The molecule has 0 saturated carbocycles. The number of nitrogens with one attached hydrogen (secondary N) is 1. The van der Waals surface area contributed by atoms with E-state index in [-0.39, 0.29) is 11.9 Å². The molecule has 2 heterocycles. The van der Waals surface area contributed by atoms with Gasteiger partial charge in [-0.05, 0) is 43.4 Å². The van der Waals surface area contributed by atoms with Gasteiger partial charge >= 0.3 is 0 Å². The second-order valence-corrected chi connectivity index (χ2v) is 6.21. The first-order chi connectivity index (χ1) is 10.2. The SMILES string of the molecule is C[C@H](NC[C@@H]1CCO[C@H]1c1ccc(F)cc1)[C@@H]1CCOC1. The molecular weight excluding hydrogens is 269 g/mol. The largest absolute Gasteiger partial charge is 0.381 e. The van der Waals surface area contributed by atoms with Crippen LogP contribution in [0.25, 0.3) is 0 Å². The Labute approximate surface area is 125 Å². The highest BCUT2D eigenvalue weighted by Gasteiger charge is 2.30. The number of benzene rings is 1. The van der Waals surface area contributed by atoms with Crippen LogP contribution >= 0.6 is 0 Å². The number of hydrogen-bond acceptors (Lipinski definition) is 3. The maximum absolute atomic E-state index is 13.0. The van der Waals surface area contributed by atoms with Gasteiger partial charge in [0.15, 0.2) is 0 Å². The lowest BCUT2D eigenvalue weighted by atomic mass is 9.94. The lowest BCUT2D eigenvalue weighted by molar-refractivity contribution is 0.0890. The van der Waals surface area contributed by atoms with Crippen LogP contribution in [0.15, 0.2) is 24.3 Å². The third kappa shape index (κ3) is 3.62. The van der Waals surface area contributed by atoms with Crippen LogP contribution in [-0.2, 0) is 9.47 Å². The minimum absolute atomic E-state index is 0.0881. The van der Waals surface area contributed by atoms with Crippen molar-refractivity contribution >= 4 is 0 Å². The van der Waals surface area contributed by atoms with E-state index in [1.807, 2.05) is 12.1 Å². The summed E-state index contributed by atoms with van der Waals surface area (Å²) in [5.74, 6) is 0.887. The smallest absolute Gasteiger partial charge is 0.123 e. The Hall–Kier alpha value is -0.970. The Morgan fingerprint density at radius 2 is 2.05 bits per heavy atom. The molecule has 3 nitrogen and oxygen atoms in total. The Bertz CT molecular complexity index is 445. The van der Waals surface area contributed by atoms with Crippen molar-refractivity contribution < 1.29 is 13.9 Å². The van der Waals surface area contributed by atoms with Crippen LogP contribution in [0.5, 0.6) is 0 Å². The fraction of sp³-hybridized carbons (Fsp3) is 0.647. The Kier molecular flexibility index (Phi) is 4.88. The lowest BCUT2D eigenvalue weighted by Crippen LogP contribution is -2.37. The second kappa shape index (κ2) is 6.86. The summed E-state index contributed by atoms with van der Waals surface area (Å²) in [5.41, 5.74) is 1.08. The minimum Gasteiger partial charge on any atom is -0.381 e. The molecule has 0 radical (unpaired) electrons. The second-order valence-electron chi connectivity index (χ2n) is 6.21. The first-order valence-electron chi connectivity index (χ1n) is 7.92. The molecule has 1 aromatic carbocycles. The number of halogens is 1. The lowest BCUT2D eigenvalue weighted by Gasteiger charge is -2.24. The molecule has 3 rings (SSSR count). The van der Waals surface area contributed by atoms with E-state index in [4.69, 9.17) is 9.47 Å². The third-order valence-corrected chi connectivity index (χ3v) is 4.79. The average Bonchev–Trinajstić information content (AvgIpc) is 3.17. The molecule has 2 saturated heterocycles. The fourth-order valence-corrected chi connectivity index (χ4v) is 3.31. The van der Waals surface area contributed by atoms with Crippen molar-refractivity contribution in [1.82, 2.24) is 5.32 Å². The highest BCUT2D eigenvalue weighted by Crippen LogP contribution is 2.34. The fourth-order valence-electron chi connectivity index (χ4n) is 3.31. The van der Waals surface area contributed by atoms with Crippen molar-refractivity contribution in [3.63, 3.8) is 0 Å². The Morgan fingerprint density at radius 3 is 2.76 bits per heavy atom. The maximum atomic E-state index is 13.0. The Morgan fingerprint density at radius 1 is 1.24 bits per heavy atom. The van der Waals surface area contributed by atoms with Crippen molar-refractivity contribution in [1.29, 1.82) is 0 Å². The van der Waals surface area contributed by atoms with Crippen LogP contribution in [0.1, 0.15) is 31.4 Å². The molecule has 116 valence electrons. The van der Waals surface area contributed by atoms with Crippen LogP contribution in [0, 0.1) is 17.7 Å². The van der Waals surface area contributed by atoms with Gasteiger partial charge in [-0.2, -0.15) is 0 Å². The van der Waals surface area contributed by atoms with E-state index in [0.717, 1.165) is 44.8 Å². The predicted molar refractivity (Wildman–Crippen MR) is 79.6 cm³/mol. The number of ether oxygens (including phenoxy) is 2. The van der Waals surface area contributed by atoms with Crippen LogP contribution in [0.2, 0.25) is 0 Å². The van der Waals surface area contributed by atoms with Gasteiger partial charge in [0.2, 0.25) is 0 Å². The van der Waals surface area contributed by atoms with Gasteiger partial charge in [0.25, 0.3) is 0 Å². The van der Waals surface area contributed by atoms with Gasteiger partial charge in [-0.1, -0.05) is 12.1 Å². The minimum atomic E-state index is -0.193. The molecule has 21 heavy (non-hydrogen) atoms. The van der Waals surface area contributed by atoms with E-state index >= 15 is 0 Å². The van der Waals surface area contributed by atoms with E-state index in [1.165, 1.54) is 12.1 Å². The topological polar surface area (TPSA) is 30.5 Å². The molecule has 0 unspecified atom stereocenters. The average molecular weight is 293 g/mol. The Balaban J connectivity index is 1.55. The third-order valence-electron chi connectivity index (χ3n) is 4.79. The molecule has 2 aliphatic rings. The van der Waals surface area contributed by atoms with Gasteiger partial charge in [0.1, 0.15) is 5.82 Å². The summed E-state index contributed by atoms with van der Waals surface area (Å²) in [4.78, 5) is 0. The monoisotopic (exact) mass is 293 g/mol. The summed E-state index contributed by atoms with van der Waals surface area (Å²) in [6, 6.07) is 7.18. The zero-order valence-corrected chi connectivity index (χ0v) is 12.6. The summed E-state index contributed by atoms with van der Waals surface area (Å²) in [5, 5.41) is 3.64. The van der Waals surface area contributed by atoms with E-state index in [9.17, 15) is 4.39 Å². The van der Waals surface area contributed by atoms with E-state index < -0.39 is 0 Å². The molecule has 0 spiro atoms. The van der Waals surface area contributed by atoms with Crippen molar-refractivity contribution in [3.8, 4) is 0 Å². The molecule has 2 fully saturated rings. The van der Waals surface area contributed by atoms with E-state index in [2.05, 4.69) is 12.2 Å². The summed E-state index contributed by atoms with van der Waals surface area (Å²) in [7, 11) is 0. The molecular formula is C17H24FNO2. The molecule has 0 aliphatic carbocycles. The summed E-state index contributed by atoms with van der Waals surface area (Å²) >= 11 is 0. The molecule has 1 aromatic rings. The molecule has 0 bridgehead atoms. The molecule has 2 aliphatic heterocycles. The van der Waals surface area contributed by atoms with Crippen LogP contribution < -0.4 is 5.32 Å². The van der Waals surface area contributed by atoms with Crippen LogP contribution in [0.4, 0.5) is 4.39 Å². The molecule has 0 amide bonds. The van der Waals surface area contributed by atoms with Gasteiger partial charge < -0.3 is 14.8 Å². The van der Waals surface area contributed by atoms with Crippen molar-refractivity contribution in [2.24, 2.45) is 11.8 Å². The quantitative estimate of drug-likeness (QED) is 0.905. The molecule has 4 atom stereocenters. The highest BCUT2D eigenvalue weighted by molar-refractivity contribution is 5.20. The normalized spacial score (nSPS) is 30.7. The first kappa shape index (κ1) is 14.9. The van der Waals surface area contributed by atoms with Crippen molar-refractivity contribution in [3.05, 3.63) is 35.6 Å². The van der Waals surface area contributed by atoms with Gasteiger partial charge in [0.05, 0.1) is 12.7 Å². The highest BCUT2D eigenvalue weighted by atomic mass is 19.1. The maximum Gasteiger partial charge on any atom is 0.123 e. The van der Waals surface area contributed by atoms with Gasteiger partial charge in [-0.25, -0.2) is 4.39 Å².